The summed E-state index contributed by atoms with van der Waals surface area (Å²) in [5.74, 6) is 0.446. The smallest absolute Gasteiger partial charge is 0.287 e. The van der Waals surface area contributed by atoms with E-state index in [0.717, 1.165) is 5.23 Å². The van der Waals surface area contributed by atoms with Crippen molar-refractivity contribution in [2.45, 2.75) is 6.42 Å². The zero-order valence-electron chi connectivity index (χ0n) is 6.97. The molecule has 68 valence electrons. The van der Waals surface area contributed by atoms with Gasteiger partial charge in [0, 0.05) is 0 Å². The van der Waals surface area contributed by atoms with Crippen molar-refractivity contribution in [3.05, 3.63) is 30.3 Å². The second kappa shape index (κ2) is 3.45. The summed E-state index contributed by atoms with van der Waals surface area (Å²) in [6, 6.07) is 9.05. The Morgan fingerprint density at radius 1 is 1.31 bits per heavy atom. The average Bonchev–Trinajstić information content (AvgIpc) is 2.54. The van der Waals surface area contributed by atoms with Gasteiger partial charge in [0.1, 0.15) is 0 Å². The Morgan fingerprint density at radius 2 is 2.08 bits per heavy atom. The van der Waals surface area contributed by atoms with Crippen LogP contribution in [0.4, 0.5) is 0 Å². The molecule has 1 saturated heterocycles. The summed E-state index contributed by atoms with van der Waals surface area (Å²) >= 11 is 0. The first-order chi connectivity index (χ1) is 6.36. The second-order valence-electron chi connectivity index (χ2n) is 2.64. The molecule has 2 rings (SSSR count). The topological polar surface area (TPSA) is 38.8 Å². The molecule has 0 N–H and O–H groups in total. The molecule has 0 radical (unpaired) electrons. The van der Waals surface area contributed by atoms with Gasteiger partial charge in [-0.05, 0) is 17.4 Å². The molecular formula is C9H9NO3. The molecule has 13 heavy (non-hydrogen) atoms. The number of hydrogen-bond donors (Lipinski definition) is 0. The number of carbonyl (C=O) groups is 1. The minimum absolute atomic E-state index is 0.149. The van der Waals surface area contributed by atoms with Gasteiger partial charge in [0.15, 0.2) is 5.75 Å². The number of rotatable bonds is 2. The van der Waals surface area contributed by atoms with Gasteiger partial charge in [0.05, 0.1) is 13.0 Å². The van der Waals surface area contributed by atoms with Crippen LogP contribution in [0.2, 0.25) is 0 Å². The Labute approximate surface area is 75.6 Å². The van der Waals surface area contributed by atoms with E-state index in [0.29, 0.717) is 18.8 Å². The minimum atomic E-state index is -0.149. The maximum atomic E-state index is 11.1. The van der Waals surface area contributed by atoms with Crippen LogP contribution in [0.5, 0.6) is 5.75 Å². The largest absolute Gasteiger partial charge is 0.351 e. The van der Waals surface area contributed by atoms with Crippen LogP contribution in [-0.4, -0.2) is 17.7 Å². The first-order valence-corrected chi connectivity index (χ1v) is 4.05. The number of hydrogen-bond acceptors (Lipinski definition) is 3. The summed E-state index contributed by atoms with van der Waals surface area (Å²) in [5.41, 5.74) is 0. The van der Waals surface area contributed by atoms with Crippen molar-refractivity contribution < 1.29 is 14.5 Å². The van der Waals surface area contributed by atoms with Crippen LogP contribution in [0.25, 0.3) is 0 Å². The first kappa shape index (κ1) is 8.07. The Kier molecular flexibility index (Phi) is 2.14. The zero-order chi connectivity index (χ0) is 9.10. The lowest BCUT2D eigenvalue weighted by Crippen LogP contribution is -2.26. The van der Waals surface area contributed by atoms with Crippen LogP contribution in [0.3, 0.4) is 0 Å². The predicted octanol–water partition coefficient (Wildman–Crippen LogP) is 1.14. The number of amides is 1. The highest BCUT2D eigenvalue weighted by atomic mass is 17.0. The summed E-state index contributed by atoms with van der Waals surface area (Å²) in [5, 5.41) is 0.926. The maximum Gasteiger partial charge on any atom is 0.287 e. The first-order valence-electron chi connectivity index (χ1n) is 4.05. The monoisotopic (exact) mass is 179 g/mol. The lowest BCUT2D eigenvalue weighted by molar-refractivity contribution is -0.271. The van der Waals surface area contributed by atoms with Crippen molar-refractivity contribution in [2.24, 2.45) is 0 Å². The van der Waals surface area contributed by atoms with Gasteiger partial charge in [-0.15, -0.1) is 0 Å². The minimum Gasteiger partial charge on any atom is -0.351 e. The number of nitrogens with zero attached hydrogens (tertiary/aromatic N) is 1. The fraction of sp³-hybridized carbons (Fsp3) is 0.222. The molecule has 1 aromatic carbocycles. The lowest BCUT2D eigenvalue weighted by Gasteiger charge is -2.13. The third-order valence-corrected chi connectivity index (χ3v) is 1.66. The van der Waals surface area contributed by atoms with Gasteiger partial charge in [-0.25, -0.2) is 4.84 Å². The van der Waals surface area contributed by atoms with Crippen LogP contribution in [0.1, 0.15) is 6.42 Å². The van der Waals surface area contributed by atoms with Crippen LogP contribution in [0.15, 0.2) is 30.3 Å². The Balaban J connectivity index is 2.02. The van der Waals surface area contributed by atoms with Crippen molar-refractivity contribution in [3.63, 3.8) is 0 Å². The van der Waals surface area contributed by atoms with Crippen molar-refractivity contribution in [1.29, 1.82) is 0 Å². The standard InChI is InChI=1S/C9H9NO3/c11-9-6-7-12-10(9)13-8-4-2-1-3-5-8/h1-5H,6-7H2. The molecular weight excluding hydrogens is 170 g/mol. The molecule has 0 aromatic heterocycles. The van der Waals surface area contributed by atoms with Gasteiger partial charge in [0.25, 0.3) is 5.91 Å². The molecule has 4 heteroatoms. The molecule has 0 bridgehead atoms. The summed E-state index contributed by atoms with van der Waals surface area (Å²) in [7, 11) is 0. The van der Waals surface area contributed by atoms with E-state index < -0.39 is 0 Å². The van der Waals surface area contributed by atoms with E-state index in [4.69, 9.17) is 9.68 Å². The van der Waals surface area contributed by atoms with E-state index >= 15 is 0 Å². The molecule has 1 amide bonds. The van der Waals surface area contributed by atoms with Crippen LogP contribution in [-0.2, 0) is 9.63 Å². The summed E-state index contributed by atoms with van der Waals surface area (Å²) in [6.45, 7) is 0.395. The Morgan fingerprint density at radius 3 is 2.69 bits per heavy atom. The van der Waals surface area contributed by atoms with Crippen molar-refractivity contribution in [1.82, 2.24) is 5.23 Å². The van der Waals surface area contributed by atoms with Gasteiger partial charge < -0.3 is 4.84 Å². The van der Waals surface area contributed by atoms with Crippen LogP contribution in [0, 0.1) is 0 Å². The molecule has 1 aliphatic rings. The summed E-state index contributed by atoms with van der Waals surface area (Å²) in [4.78, 5) is 21.1. The van der Waals surface area contributed by atoms with E-state index in [1.807, 2.05) is 18.2 Å². The van der Waals surface area contributed by atoms with Gasteiger partial charge in [-0.3, -0.25) is 4.79 Å². The highest BCUT2D eigenvalue weighted by Crippen LogP contribution is 2.14. The Bertz CT molecular complexity index is 299. The molecule has 0 unspecified atom stereocenters. The number of hydroxylamine groups is 2. The van der Waals surface area contributed by atoms with Gasteiger partial charge >= 0.3 is 0 Å². The predicted molar refractivity (Wildman–Crippen MR) is 44.5 cm³/mol. The Hall–Kier alpha value is -1.55. The van der Waals surface area contributed by atoms with E-state index in [-0.39, 0.29) is 5.91 Å². The molecule has 1 aliphatic heterocycles. The fourth-order valence-corrected chi connectivity index (χ4v) is 1.03. The molecule has 0 atom stereocenters. The van der Waals surface area contributed by atoms with Gasteiger partial charge in [0.2, 0.25) is 0 Å². The molecule has 1 fully saturated rings. The molecule has 1 heterocycles. The molecule has 0 spiro atoms. The van der Waals surface area contributed by atoms with E-state index in [9.17, 15) is 4.79 Å². The lowest BCUT2D eigenvalue weighted by atomic mass is 10.3. The third-order valence-electron chi connectivity index (χ3n) is 1.66. The van der Waals surface area contributed by atoms with Gasteiger partial charge in [-0.2, -0.15) is 0 Å². The summed E-state index contributed by atoms with van der Waals surface area (Å²) < 4.78 is 0. The fourth-order valence-electron chi connectivity index (χ4n) is 1.03. The molecule has 4 nitrogen and oxygen atoms in total. The third kappa shape index (κ3) is 1.78. The maximum absolute atomic E-state index is 11.1. The normalized spacial score (nSPS) is 16.3. The highest BCUT2D eigenvalue weighted by Gasteiger charge is 2.23. The zero-order valence-corrected chi connectivity index (χ0v) is 6.97. The molecule has 0 saturated carbocycles. The molecule has 0 aliphatic carbocycles. The summed E-state index contributed by atoms with van der Waals surface area (Å²) in [6.07, 6.45) is 0.382. The SMILES string of the molecule is O=C1CCON1Oc1ccccc1. The van der Waals surface area contributed by atoms with Crippen molar-refractivity contribution >= 4 is 5.91 Å². The second-order valence-corrected chi connectivity index (χ2v) is 2.64. The van der Waals surface area contributed by atoms with Gasteiger partial charge in [-0.1, -0.05) is 18.2 Å². The van der Waals surface area contributed by atoms with E-state index in [1.54, 1.807) is 12.1 Å². The van der Waals surface area contributed by atoms with Crippen LogP contribution < -0.4 is 4.84 Å². The number of para-hydroxylation sites is 1. The number of carbonyl (C=O) groups excluding carboxylic acids is 1. The number of benzene rings is 1. The quantitative estimate of drug-likeness (QED) is 0.683. The molecule has 1 aromatic rings. The van der Waals surface area contributed by atoms with Crippen LogP contribution >= 0.6 is 0 Å². The van der Waals surface area contributed by atoms with Crippen molar-refractivity contribution in [3.8, 4) is 5.75 Å². The average molecular weight is 179 g/mol. The highest BCUT2D eigenvalue weighted by molar-refractivity contribution is 5.75. The van der Waals surface area contributed by atoms with E-state index in [1.165, 1.54) is 0 Å². The van der Waals surface area contributed by atoms with Crippen molar-refractivity contribution in [2.75, 3.05) is 6.61 Å². The van der Waals surface area contributed by atoms with E-state index in [2.05, 4.69) is 0 Å².